The molecule has 126 valence electrons. The summed E-state index contributed by atoms with van der Waals surface area (Å²) in [5.74, 6) is 0.708. The fourth-order valence-electron chi connectivity index (χ4n) is 3.42. The summed E-state index contributed by atoms with van der Waals surface area (Å²) in [5, 5.41) is 10.2. The van der Waals surface area contributed by atoms with Gasteiger partial charge >= 0.3 is 0 Å². The van der Waals surface area contributed by atoms with Crippen molar-refractivity contribution in [2.75, 3.05) is 13.1 Å². The topological polar surface area (TPSA) is 40.5 Å². The zero-order chi connectivity index (χ0) is 16.8. The first-order chi connectivity index (χ1) is 11.7. The number of amides is 1. The van der Waals surface area contributed by atoms with Crippen molar-refractivity contribution < 1.29 is 9.90 Å². The molecule has 1 saturated heterocycles. The largest absolute Gasteiger partial charge is 0.388 e. The van der Waals surface area contributed by atoms with Crippen LogP contribution in [0.15, 0.2) is 60.7 Å². The first-order valence-electron chi connectivity index (χ1n) is 8.77. The van der Waals surface area contributed by atoms with E-state index in [1.165, 1.54) is 5.56 Å². The molecule has 1 N–H and O–H groups in total. The smallest absolute Gasteiger partial charge is 0.225 e. The second-order valence-electron chi connectivity index (χ2n) is 6.64. The minimum Gasteiger partial charge on any atom is -0.388 e. The van der Waals surface area contributed by atoms with Gasteiger partial charge in [0.05, 0.1) is 12.5 Å². The second kappa shape index (κ2) is 8.11. The predicted octanol–water partition coefficient (Wildman–Crippen LogP) is 3.59. The molecule has 2 aromatic rings. The van der Waals surface area contributed by atoms with Gasteiger partial charge in [-0.3, -0.25) is 4.79 Å². The Bertz CT molecular complexity index is 633. The Hall–Kier alpha value is -2.13. The van der Waals surface area contributed by atoms with Crippen molar-refractivity contribution in [1.82, 2.24) is 4.90 Å². The van der Waals surface area contributed by atoms with E-state index in [0.717, 1.165) is 37.9 Å². The zero-order valence-corrected chi connectivity index (χ0v) is 14.0. The van der Waals surface area contributed by atoms with Crippen LogP contribution in [-0.4, -0.2) is 29.0 Å². The molecule has 24 heavy (non-hydrogen) atoms. The Kier molecular flexibility index (Phi) is 5.65. The highest BCUT2D eigenvalue weighted by Crippen LogP contribution is 2.24. The Morgan fingerprint density at radius 1 is 1.00 bits per heavy atom. The first-order valence-corrected chi connectivity index (χ1v) is 8.77. The van der Waals surface area contributed by atoms with Crippen molar-refractivity contribution in [1.29, 1.82) is 0 Å². The Morgan fingerprint density at radius 3 is 2.21 bits per heavy atom. The van der Waals surface area contributed by atoms with Crippen molar-refractivity contribution in [3.05, 3.63) is 71.8 Å². The summed E-state index contributed by atoms with van der Waals surface area (Å²) in [5.41, 5.74) is 2.19. The number of piperidine rings is 1. The molecule has 1 atom stereocenters. The lowest BCUT2D eigenvalue weighted by Gasteiger charge is -2.32. The van der Waals surface area contributed by atoms with Gasteiger partial charge in [0, 0.05) is 13.1 Å². The number of aliphatic hydroxyl groups is 1. The van der Waals surface area contributed by atoms with E-state index in [1.54, 1.807) is 0 Å². The standard InChI is InChI=1S/C21H25NO2/c23-20(19-9-5-2-6-10-19)16-21(24)22-13-11-18(12-14-22)15-17-7-3-1-4-8-17/h1-10,18,20,23H,11-16H2. The lowest BCUT2D eigenvalue weighted by Crippen LogP contribution is -2.39. The lowest BCUT2D eigenvalue weighted by molar-refractivity contribution is -0.134. The third-order valence-corrected chi connectivity index (χ3v) is 4.89. The minimum absolute atomic E-state index is 0.0597. The van der Waals surface area contributed by atoms with Crippen molar-refractivity contribution in [3.63, 3.8) is 0 Å². The van der Waals surface area contributed by atoms with Crippen molar-refractivity contribution in [3.8, 4) is 0 Å². The average Bonchev–Trinajstić information content (AvgIpc) is 2.64. The van der Waals surface area contributed by atoms with E-state index in [0.29, 0.717) is 5.92 Å². The van der Waals surface area contributed by atoms with E-state index in [2.05, 4.69) is 24.3 Å². The number of benzene rings is 2. The normalized spacial score (nSPS) is 16.8. The van der Waals surface area contributed by atoms with Gasteiger partial charge in [0.2, 0.25) is 5.91 Å². The van der Waals surface area contributed by atoms with Gasteiger partial charge in [0.1, 0.15) is 0 Å². The lowest BCUT2D eigenvalue weighted by atomic mass is 9.90. The fourth-order valence-corrected chi connectivity index (χ4v) is 3.42. The van der Waals surface area contributed by atoms with Gasteiger partial charge in [0.15, 0.2) is 0 Å². The molecule has 1 fully saturated rings. The zero-order valence-electron chi connectivity index (χ0n) is 14.0. The molecule has 0 radical (unpaired) electrons. The van der Waals surface area contributed by atoms with Crippen molar-refractivity contribution in [2.24, 2.45) is 5.92 Å². The first kappa shape index (κ1) is 16.7. The molecule has 0 saturated carbocycles. The molecule has 3 nitrogen and oxygen atoms in total. The van der Waals surface area contributed by atoms with Gasteiger partial charge < -0.3 is 10.0 Å². The maximum Gasteiger partial charge on any atom is 0.225 e. The van der Waals surface area contributed by atoms with Crippen LogP contribution in [0.5, 0.6) is 0 Å². The van der Waals surface area contributed by atoms with Crippen LogP contribution in [0.2, 0.25) is 0 Å². The Morgan fingerprint density at radius 2 is 1.58 bits per heavy atom. The van der Waals surface area contributed by atoms with Crippen LogP contribution in [0.4, 0.5) is 0 Å². The maximum atomic E-state index is 12.4. The molecule has 2 aromatic carbocycles. The van der Waals surface area contributed by atoms with Gasteiger partial charge in [-0.2, -0.15) is 0 Å². The molecule has 1 amide bonds. The number of hydrogen-bond donors (Lipinski definition) is 1. The molecular formula is C21H25NO2. The van der Waals surface area contributed by atoms with Crippen LogP contribution in [0.1, 0.15) is 36.5 Å². The highest BCUT2D eigenvalue weighted by molar-refractivity contribution is 5.77. The molecule has 1 aliphatic rings. The summed E-state index contributed by atoms with van der Waals surface area (Å²) in [7, 11) is 0. The number of rotatable bonds is 5. The average molecular weight is 323 g/mol. The number of carbonyl (C=O) groups is 1. The molecule has 3 rings (SSSR count). The summed E-state index contributed by atoms with van der Waals surface area (Å²) in [6, 6.07) is 20.0. The monoisotopic (exact) mass is 323 g/mol. The van der Waals surface area contributed by atoms with Crippen molar-refractivity contribution >= 4 is 5.91 Å². The van der Waals surface area contributed by atoms with Gasteiger partial charge in [-0.1, -0.05) is 60.7 Å². The van der Waals surface area contributed by atoms with Crippen LogP contribution in [0.25, 0.3) is 0 Å². The molecule has 0 bridgehead atoms. The summed E-state index contributed by atoms with van der Waals surface area (Å²) >= 11 is 0. The van der Waals surface area contributed by atoms with E-state index < -0.39 is 6.10 Å². The van der Waals surface area contributed by atoms with E-state index >= 15 is 0 Å². The molecule has 0 aliphatic carbocycles. The maximum absolute atomic E-state index is 12.4. The Balaban J connectivity index is 1.47. The van der Waals surface area contributed by atoms with Crippen LogP contribution >= 0.6 is 0 Å². The molecule has 0 aromatic heterocycles. The summed E-state index contributed by atoms with van der Waals surface area (Å²) in [6.45, 7) is 1.61. The number of nitrogens with zero attached hydrogens (tertiary/aromatic N) is 1. The third kappa shape index (κ3) is 4.45. The van der Waals surface area contributed by atoms with Crippen LogP contribution in [-0.2, 0) is 11.2 Å². The second-order valence-corrected chi connectivity index (χ2v) is 6.64. The molecule has 1 unspecified atom stereocenters. The summed E-state index contributed by atoms with van der Waals surface area (Å²) < 4.78 is 0. The van der Waals surface area contributed by atoms with E-state index in [1.807, 2.05) is 41.3 Å². The van der Waals surface area contributed by atoms with E-state index in [4.69, 9.17) is 0 Å². The van der Waals surface area contributed by atoms with E-state index in [-0.39, 0.29) is 12.3 Å². The molecule has 3 heteroatoms. The molecular weight excluding hydrogens is 298 g/mol. The highest BCUT2D eigenvalue weighted by atomic mass is 16.3. The number of carbonyl (C=O) groups excluding carboxylic acids is 1. The van der Waals surface area contributed by atoms with Gasteiger partial charge in [-0.15, -0.1) is 0 Å². The van der Waals surface area contributed by atoms with Gasteiger partial charge in [0.25, 0.3) is 0 Å². The SMILES string of the molecule is O=C(CC(O)c1ccccc1)N1CCC(Cc2ccccc2)CC1. The van der Waals surface area contributed by atoms with E-state index in [9.17, 15) is 9.90 Å². The fraction of sp³-hybridized carbons (Fsp3) is 0.381. The summed E-state index contributed by atoms with van der Waals surface area (Å²) in [4.78, 5) is 14.3. The number of hydrogen-bond acceptors (Lipinski definition) is 2. The molecule has 1 aliphatic heterocycles. The predicted molar refractivity (Wildman–Crippen MR) is 95.5 cm³/mol. The Labute approximate surface area is 143 Å². The minimum atomic E-state index is -0.708. The van der Waals surface area contributed by atoms with Crippen LogP contribution in [0, 0.1) is 5.92 Å². The number of aliphatic hydroxyl groups excluding tert-OH is 1. The molecule has 1 heterocycles. The highest BCUT2D eigenvalue weighted by Gasteiger charge is 2.24. The van der Waals surface area contributed by atoms with Crippen molar-refractivity contribution in [2.45, 2.75) is 31.8 Å². The van der Waals surface area contributed by atoms with Crippen LogP contribution < -0.4 is 0 Å². The third-order valence-electron chi connectivity index (χ3n) is 4.89. The summed E-state index contributed by atoms with van der Waals surface area (Å²) in [6.07, 6.45) is 2.65. The van der Waals surface area contributed by atoms with Gasteiger partial charge in [-0.05, 0) is 36.3 Å². The molecule has 0 spiro atoms. The van der Waals surface area contributed by atoms with Crippen LogP contribution in [0.3, 0.4) is 0 Å². The van der Waals surface area contributed by atoms with Gasteiger partial charge in [-0.25, -0.2) is 0 Å². The quantitative estimate of drug-likeness (QED) is 0.913. The number of likely N-dealkylation sites (tertiary alicyclic amines) is 1.